The summed E-state index contributed by atoms with van der Waals surface area (Å²) in [6, 6.07) is 3.14. The van der Waals surface area contributed by atoms with Crippen LogP contribution in [-0.4, -0.2) is 18.2 Å². The van der Waals surface area contributed by atoms with Gasteiger partial charge in [-0.25, -0.2) is 8.78 Å². The fourth-order valence-electron chi connectivity index (χ4n) is 1.77. The normalized spacial score (nSPS) is 14.8. The lowest BCUT2D eigenvalue weighted by Crippen LogP contribution is -2.30. The summed E-state index contributed by atoms with van der Waals surface area (Å²) < 4.78 is 26.6. The van der Waals surface area contributed by atoms with Gasteiger partial charge in [-0.2, -0.15) is 0 Å². The van der Waals surface area contributed by atoms with E-state index in [1.54, 1.807) is 0 Å². The van der Waals surface area contributed by atoms with E-state index in [1.807, 2.05) is 0 Å². The maximum Gasteiger partial charge on any atom is 0.129 e. The first kappa shape index (κ1) is 15.1. The average molecular weight is 257 g/mol. The monoisotopic (exact) mass is 257 g/mol. The molecule has 0 saturated heterocycles. The molecule has 0 bridgehead atoms. The molecule has 1 atom stereocenters. The minimum absolute atomic E-state index is 0.00819. The first-order chi connectivity index (χ1) is 8.33. The first-order valence-corrected chi connectivity index (χ1v) is 6.21. The summed E-state index contributed by atoms with van der Waals surface area (Å²) in [6.07, 6.45) is 0.333. The highest BCUT2D eigenvalue weighted by Crippen LogP contribution is 2.27. The number of benzene rings is 1. The van der Waals surface area contributed by atoms with Gasteiger partial charge in [0.2, 0.25) is 0 Å². The summed E-state index contributed by atoms with van der Waals surface area (Å²) in [6.45, 7) is 7.06. The van der Waals surface area contributed by atoms with E-state index in [0.29, 0.717) is 18.9 Å². The Morgan fingerprint density at radius 2 is 2.00 bits per heavy atom. The van der Waals surface area contributed by atoms with Gasteiger partial charge in [-0.3, -0.25) is 0 Å². The summed E-state index contributed by atoms with van der Waals surface area (Å²) in [4.78, 5) is 0. The zero-order valence-corrected chi connectivity index (χ0v) is 11.1. The largest absolute Gasteiger partial charge is 0.385 e. The minimum atomic E-state index is -1.36. The Morgan fingerprint density at radius 3 is 2.61 bits per heavy atom. The maximum atomic E-state index is 13.6. The van der Waals surface area contributed by atoms with Crippen LogP contribution in [0.5, 0.6) is 0 Å². The Morgan fingerprint density at radius 1 is 1.33 bits per heavy atom. The summed E-state index contributed by atoms with van der Waals surface area (Å²) in [5, 5.41) is 13.4. The van der Waals surface area contributed by atoms with Crippen LogP contribution in [0, 0.1) is 17.6 Å². The molecule has 0 radical (unpaired) electrons. The second-order valence-electron chi connectivity index (χ2n) is 5.25. The van der Waals surface area contributed by atoms with Gasteiger partial charge in [0.1, 0.15) is 11.6 Å². The number of halogens is 2. The lowest BCUT2D eigenvalue weighted by molar-refractivity contribution is 0.0438. The van der Waals surface area contributed by atoms with Crippen LogP contribution < -0.4 is 5.32 Å². The topological polar surface area (TPSA) is 32.3 Å². The molecule has 0 heterocycles. The van der Waals surface area contributed by atoms with Crippen LogP contribution in [0.25, 0.3) is 0 Å². The van der Waals surface area contributed by atoms with Gasteiger partial charge in [0.15, 0.2) is 0 Å². The zero-order valence-electron chi connectivity index (χ0n) is 11.1. The molecule has 0 aromatic heterocycles. The van der Waals surface area contributed by atoms with Gasteiger partial charge in [0, 0.05) is 5.56 Å². The highest BCUT2D eigenvalue weighted by molar-refractivity contribution is 5.24. The van der Waals surface area contributed by atoms with Crippen molar-refractivity contribution in [1.82, 2.24) is 5.32 Å². The third kappa shape index (κ3) is 4.35. The maximum absolute atomic E-state index is 13.6. The van der Waals surface area contributed by atoms with Gasteiger partial charge >= 0.3 is 0 Å². The SMILES string of the molecule is CC(C)CNCCC(C)(O)c1cc(F)ccc1F. The molecule has 0 spiro atoms. The van der Waals surface area contributed by atoms with Gasteiger partial charge in [0.05, 0.1) is 5.60 Å². The van der Waals surface area contributed by atoms with Crippen molar-refractivity contribution in [2.45, 2.75) is 32.8 Å². The highest BCUT2D eigenvalue weighted by Gasteiger charge is 2.26. The molecule has 1 rings (SSSR count). The van der Waals surface area contributed by atoms with E-state index < -0.39 is 17.2 Å². The van der Waals surface area contributed by atoms with Crippen LogP contribution in [0.2, 0.25) is 0 Å². The van der Waals surface area contributed by atoms with Gasteiger partial charge in [-0.05, 0) is 50.6 Å². The van der Waals surface area contributed by atoms with Gasteiger partial charge in [0.25, 0.3) is 0 Å². The first-order valence-electron chi connectivity index (χ1n) is 6.21. The summed E-state index contributed by atoms with van der Waals surface area (Å²) in [5.74, 6) is -0.604. The van der Waals surface area contributed by atoms with Crippen molar-refractivity contribution < 1.29 is 13.9 Å². The molecule has 4 heteroatoms. The van der Waals surface area contributed by atoms with E-state index in [2.05, 4.69) is 19.2 Å². The van der Waals surface area contributed by atoms with E-state index >= 15 is 0 Å². The Kier molecular flexibility index (Phi) is 5.23. The molecule has 0 aliphatic heterocycles. The third-order valence-corrected chi connectivity index (χ3v) is 2.85. The van der Waals surface area contributed by atoms with Crippen molar-refractivity contribution in [2.75, 3.05) is 13.1 Å². The molecule has 0 fully saturated rings. The van der Waals surface area contributed by atoms with Crippen molar-refractivity contribution in [3.8, 4) is 0 Å². The molecule has 0 aliphatic carbocycles. The van der Waals surface area contributed by atoms with Gasteiger partial charge < -0.3 is 10.4 Å². The molecule has 102 valence electrons. The van der Waals surface area contributed by atoms with Crippen LogP contribution in [0.4, 0.5) is 8.78 Å². The zero-order chi connectivity index (χ0) is 13.8. The van der Waals surface area contributed by atoms with E-state index in [0.717, 1.165) is 24.7 Å². The summed E-state index contributed by atoms with van der Waals surface area (Å²) in [5.41, 5.74) is -1.36. The Hall–Kier alpha value is -1.00. The molecule has 0 aliphatic rings. The van der Waals surface area contributed by atoms with E-state index in [9.17, 15) is 13.9 Å². The van der Waals surface area contributed by atoms with Crippen LogP contribution in [0.3, 0.4) is 0 Å². The molecule has 0 saturated carbocycles. The molecular formula is C14H21F2NO. The number of hydrogen-bond donors (Lipinski definition) is 2. The van der Waals surface area contributed by atoms with Crippen molar-refractivity contribution in [3.63, 3.8) is 0 Å². The van der Waals surface area contributed by atoms with Gasteiger partial charge in [-0.1, -0.05) is 13.8 Å². The number of rotatable bonds is 6. The fourth-order valence-corrected chi connectivity index (χ4v) is 1.77. The molecule has 1 aromatic rings. The molecule has 1 unspecified atom stereocenters. The molecule has 2 nitrogen and oxygen atoms in total. The summed E-state index contributed by atoms with van der Waals surface area (Å²) >= 11 is 0. The minimum Gasteiger partial charge on any atom is -0.385 e. The number of hydrogen-bond acceptors (Lipinski definition) is 2. The average Bonchev–Trinajstić information content (AvgIpc) is 2.27. The third-order valence-electron chi connectivity index (χ3n) is 2.85. The van der Waals surface area contributed by atoms with E-state index in [4.69, 9.17) is 0 Å². The van der Waals surface area contributed by atoms with Crippen molar-refractivity contribution in [1.29, 1.82) is 0 Å². The second kappa shape index (κ2) is 6.25. The molecule has 2 N–H and O–H groups in total. The molecule has 0 amide bonds. The number of nitrogens with one attached hydrogen (secondary N) is 1. The lowest BCUT2D eigenvalue weighted by atomic mass is 9.92. The Labute approximate surface area is 107 Å². The van der Waals surface area contributed by atoms with Crippen molar-refractivity contribution >= 4 is 0 Å². The van der Waals surface area contributed by atoms with Crippen LogP contribution in [-0.2, 0) is 5.60 Å². The smallest absolute Gasteiger partial charge is 0.129 e. The Balaban J connectivity index is 2.64. The van der Waals surface area contributed by atoms with Crippen molar-refractivity contribution in [3.05, 3.63) is 35.4 Å². The Bertz CT molecular complexity index is 391. The fraction of sp³-hybridized carbons (Fsp3) is 0.571. The molecular weight excluding hydrogens is 236 g/mol. The lowest BCUT2D eigenvalue weighted by Gasteiger charge is -2.24. The van der Waals surface area contributed by atoms with Crippen LogP contribution in [0.15, 0.2) is 18.2 Å². The van der Waals surface area contributed by atoms with Crippen LogP contribution >= 0.6 is 0 Å². The predicted octanol–water partition coefficient (Wildman–Crippen LogP) is 2.81. The highest BCUT2D eigenvalue weighted by atomic mass is 19.1. The standard InChI is InChI=1S/C14H21F2NO/c1-10(2)9-17-7-6-14(3,18)12-8-11(15)4-5-13(12)16/h4-5,8,10,17-18H,6-7,9H2,1-3H3. The van der Waals surface area contributed by atoms with Gasteiger partial charge in [-0.15, -0.1) is 0 Å². The quantitative estimate of drug-likeness (QED) is 0.768. The van der Waals surface area contributed by atoms with E-state index in [-0.39, 0.29) is 5.56 Å². The summed E-state index contributed by atoms with van der Waals surface area (Å²) in [7, 11) is 0. The molecule has 18 heavy (non-hydrogen) atoms. The number of aliphatic hydroxyl groups is 1. The predicted molar refractivity (Wildman–Crippen MR) is 68.3 cm³/mol. The molecule has 1 aromatic carbocycles. The second-order valence-corrected chi connectivity index (χ2v) is 5.25. The van der Waals surface area contributed by atoms with Crippen LogP contribution in [0.1, 0.15) is 32.8 Å². The van der Waals surface area contributed by atoms with Crippen molar-refractivity contribution in [2.24, 2.45) is 5.92 Å². The van der Waals surface area contributed by atoms with E-state index in [1.165, 1.54) is 6.92 Å².